The molecule has 4 rings (SSSR count). The first-order valence-electron chi connectivity index (χ1n) is 16.8. The minimum atomic E-state index is -0.532. The molecule has 0 aliphatic rings. The first kappa shape index (κ1) is 40.9. The minimum Gasteiger partial charge on any atom is -0.356 e. The average molecular weight is 676 g/mol. The van der Waals surface area contributed by atoms with E-state index in [-0.39, 0.29) is 34.7 Å². The number of carbonyl (C=O) groups excluding carboxylic acids is 6. The first-order valence-corrected chi connectivity index (χ1v) is 16.8. The van der Waals surface area contributed by atoms with Crippen LogP contribution < -0.4 is 5.32 Å². The van der Waals surface area contributed by atoms with E-state index in [0.29, 0.717) is 28.7 Å². The maximum absolute atomic E-state index is 11.5. The summed E-state index contributed by atoms with van der Waals surface area (Å²) in [4.78, 5) is 67.3. The van der Waals surface area contributed by atoms with Gasteiger partial charge in [-0.15, -0.1) is 0 Å². The molecule has 0 unspecified atom stereocenters. The van der Waals surface area contributed by atoms with Gasteiger partial charge in [0.1, 0.15) is 11.6 Å². The van der Waals surface area contributed by atoms with Crippen LogP contribution in [0.2, 0.25) is 0 Å². The smallest absolute Gasteiger partial charge is 0.159 e. The molecular formula is C43H49NO6. The molecule has 0 bridgehead atoms. The topological polar surface area (TPSA) is 114 Å². The van der Waals surface area contributed by atoms with Gasteiger partial charge in [0.25, 0.3) is 0 Å². The summed E-state index contributed by atoms with van der Waals surface area (Å²) in [7, 11) is 0. The number of rotatable bonds is 13. The molecule has 7 nitrogen and oxygen atoms in total. The maximum Gasteiger partial charge on any atom is 0.159 e. The second-order valence-corrected chi connectivity index (χ2v) is 12.5. The molecule has 0 aliphatic carbocycles. The molecule has 0 atom stereocenters. The van der Waals surface area contributed by atoms with Gasteiger partial charge in [0.05, 0.1) is 5.92 Å². The highest BCUT2D eigenvalue weighted by Crippen LogP contribution is 2.20. The summed E-state index contributed by atoms with van der Waals surface area (Å²) in [6, 6.07) is 28.1. The van der Waals surface area contributed by atoms with Crippen LogP contribution in [0.1, 0.15) is 119 Å². The number of hydrogen-bond donors (Lipinski definition) is 1. The van der Waals surface area contributed by atoms with Crippen LogP contribution in [0.15, 0.2) is 91.0 Å². The van der Waals surface area contributed by atoms with Crippen molar-refractivity contribution < 1.29 is 28.8 Å². The number of ketones is 6. The van der Waals surface area contributed by atoms with Crippen LogP contribution >= 0.6 is 0 Å². The third-order valence-corrected chi connectivity index (χ3v) is 8.04. The lowest BCUT2D eigenvalue weighted by molar-refractivity contribution is -0.130. The van der Waals surface area contributed by atoms with Crippen molar-refractivity contribution in [3.05, 3.63) is 130 Å². The average Bonchev–Trinajstić information content (AvgIpc) is 3.08. The first-order chi connectivity index (χ1) is 23.6. The lowest BCUT2D eigenvalue weighted by Crippen LogP contribution is -2.21. The van der Waals surface area contributed by atoms with E-state index in [1.165, 1.54) is 47.1 Å². The molecule has 0 aromatic heterocycles. The van der Waals surface area contributed by atoms with Gasteiger partial charge >= 0.3 is 0 Å². The molecule has 0 saturated heterocycles. The van der Waals surface area contributed by atoms with Crippen LogP contribution in [0.3, 0.4) is 0 Å². The molecule has 0 spiro atoms. The molecule has 4 aromatic rings. The molecule has 0 aliphatic heterocycles. The Morgan fingerprint density at radius 1 is 0.520 bits per heavy atom. The van der Waals surface area contributed by atoms with Crippen LogP contribution in [0.4, 0.5) is 11.4 Å². The lowest BCUT2D eigenvalue weighted by atomic mass is 9.92. The van der Waals surface area contributed by atoms with Crippen molar-refractivity contribution in [2.75, 3.05) is 5.32 Å². The van der Waals surface area contributed by atoms with E-state index in [1.807, 2.05) is 48.5 Å². The quantitative estimate of drug-likeness (QED) is 0.111. The van der Waals surface area contributed by atoms with E-state index >= 15 is 0 Å². The van der Waals surface area contributed by atoms with E-state index in [4.69, 9.17) is 0 Å². The Hall–Kier alpha value is -5.30. The molecule has 7 heteroatoms. The third-order valence-electron chi connectivity index (χ3n) is 8.04. The van der Waals surface area contributed by atoms with E-state index < -0.39 is 5.92 Å². The Bertz CT molecular complexity index is 1710. The maximum atomic E-state index is 11.5. The summed E-state index contributed by atoms with van der Waals surface area (Å²) < 4.78 is 0. The van der Waals surface area contributed by atoms with Gasteiger partial charge in [-0.3, -0.25) is 28.8 Å². The Kier molecular flexibility index (Phi) is 16.6. The molecule has 0 saturated carbocycles. The van der Waals surface area contributed by atoms with E-state index in [2.05, 4.69) is 31.3 Å². The highest BCUT2D eigenvalue weighted by atomic mass is 16.2. The standard InChI is InChI=1S/C19H21NO2.C14H18O2.C10H10O2/c1-13-4-8-17(9-5-13)20-18-10-6-16(7-11-18)12-19(14(2)21)15(3)22;1-4-5-6-12-7-13(10(2)15)9-14(8-12)11(3)16;1-7(11)9-3-5-10(6-4-9)8(2)12/h4-11,19-20H,12H2,1-3H3;7-9H,4-6H2,1-3H3;3-6H,1-2H3. The van der Waals surface area contributed by atoms with Crippen molar-refractivity contribution in [2.24, 2.45) is 5.92 Å². The van der Waals surface area contributed by atoms with Gasteiger partial charge in [0.2, 0.25) is 0 Å². The summed E-state index contributed by atoms with van der Waals surface area (Å²) in [6.45, 7) is 13.2. The van der Waals surface area contributed by atoms with Crippen LogP contribution in [0, 0.1) is 12.8 Å². The van der Waals surface area contributed by atoms with E-state index in [0.717, 1.165) is 41.8 Å². The van der Waals surface area contributed by atoms with E-state index in [9.17, 15) is 28.8 Å². The van der Waals surface area contributed by atoms with Gasteiger partial charge in [-0.25, -0.2) is 0 Å². The molecule has 0 radical (unpaired) electrons. The zero-order valence-corrected chi connectivity index (χ0v) is 30.5. The second-order valence-electron chi connectivity index (χ2n) is 12.5. The zero-order chi connectivity index (χ0) is 37.4. The van der Waals surface area contributed by atoms with Crippen molar-refractivity contribution in [3.8, 4) is 0 Å². The van der Waals surface area contributed by atoms with Gasteiger partial charge in [0, 0.05) is 33.6 Å². The van der Waals surface area contributed by atoms with Gasteiger partial charge in [-0.2, -0.15) is 0 Å². The third kappa shape index (κ3) is 14.0. The summed E-state index contributed by atoms with van der Waals surface area (Å²) in [6.07, 6.45) is 3.59. The molecular weight excluding hydrogens is 626 g/mol. The number of carbonyl (C=O) groups is 6. The predicted molar refractivity (Wildman–Crippen MR) is 201 cm³/mol. The Labute approximate surface area is 296 Å². The Morgan fingerprint density at radius 2 is 0.920 bits per heavy atom. The fourth-order valence-electron chi connectivity index (χ4n) is 4.90. The van der Waals surface area contributed by atoms with Crippen LogP contribution in [0.5, 0.6) is 0 Å². The van der Waals surface area contributed by atoms with Crippen molar-refractivity contribution >= 4 is 46.1 Å². The fourth-order valence-corrected chi connectivity index (χ4v) is 4.90. The highest BCUT2D eigenvalue weighted by molar-refractivity contribution is 6.01. The van der Waals surface area contributed by atoms with E-state index in [1.54, 1.807) is 30.3 Å². The Morgan fingerprint density at radius 3 is 1.28 bits per heavy atom. The largest absolute Gasteiger partial charge is 0.356 e. The summed E-state index contributed by atoms with van der Waals surface area (Å²) in [5.41, 5.74) is 7.86. The Balaban J connectivity index is 0.000000273. The molecule has 4 aromatic carbocycles. The van der Waals surface area contributed by atoms with Crippen molar-refractivity contribution in [2.45, 2.75) is 81.1 Å². The summed E-state index contributed by atoms with van der Waals surface area (Å²) >= 11 is 0. The molecule has 0 fully saturated rings. The number of nitrogens with one attached hydrogen (secondary N) is 1. The second kappa shape index (κ2) is 20.3. The van der Waals surface area contributed by atoms with Gasteiger partial charge in [0.15, 0.2) is 23.1 Å². The lowest BCUT2D eigenvalue weighted by Gasteiger charge is -2.11. The van der Waals surface area contributed by atoms with Crippen LogP contribution in [-0.2, 0) is 22.4 Å². The number of unbranched alkanes of at least 4 members (excludes halogenated alkanes) is 1. The molecule has 0 amide bonds. The number of aryl methyl sites for hydroxylation is 2. The van der Waals surface area contributed by atoms with Crippen LogP contribution in [-0.4, -0.2) is 34.7 Å². The number of benzene rings is 4. The van der Waals surface area contributed by atoms with Crippen molar-refractivity contribution in [1.29, 1.82) is 0 Å². The highest BCUT2D eigenvalue weighted by Gasteiger charge is 2.19. The van der Waals surface area contributed by atoms with Gasteiger partial charge in [-0.05, 0) is 121 Å². The van der Waals surface area contributed by atoms with Crippen molar-refractivity contribution in [1.82, 2.24) is 0 Å². The predicted octanol–water partition coefficient (Wildman–Crippen LogP) is 9.60. The van der Waals surface area contributed by atoms with Gasteiger partial charge < -0.3 is 5.32 Å². The normalized spacial score (nSPS) is 10.2. The minimum absolute atomic E-state index is 0.0147. The fraction of sp³-hybridized carbons (Fsp3) is 0.302. The number of Topliss-reactive ketones (excluding diaryl/α,β-unsaturated/α-hetero) is 6. The molecule has 1 N–H and O–H groups in total. The summed E-state index contributed by atoms with van der Waals surface area (Å²) in [5, 5.41) is 3.32. The zero-order valence-electron chi connectivity index (χ0n) is 30.5. The molecule has 50 heavy (non-hydrogen) atoms. The molecule has 262 valence electrons. The van der Waals surface area contributed by atoms with Crippen molar-refractivity contribution in [3.63, 3.8) is 0 Å². The van der Waals surface area contributed by atoms with Crippen LogP contribution in [0.25, 0.3) is 0 Å². The van der Waals surface area contributed by atoms with Gasteiger partial charge in [-0.1, -0.05) is 67.4 Å². The number of anilines is 2. The SMILES string of the molecule is CC(=O)C(Cc1ccc(Nc2ccc(C)cc2)cc1)C(C)=O.CC(=O)c1ccc(C(C)=O)cc1.CCCCc1cc(C(C)=O)cc(C(C)=O)c1. The monoisotopic (exact) mass is 675 g/mol. The molecule has 0 heterocycles. The number of hydrogen-bond acceptors (Lipinski definition) is 7. The summed E-state index contributed by atoms with van der Waals surface area (Å²) in [5.74, 6) is -0.614.